The molecule has 2 aromatic carbocycles. The Morgan fingerprint density at radius 2 is 1.52 bits per heavy atom. The third-order valence-electron chi connectivity index (χ3n) is 4.95. The van der Waals surface area contributed by atoms with Gasteiger partial charge in [-0.05, 0) is 36.1 Å². The van der Waals surface area contributed by atoms with Gasteiger partial charge in [0, 0.05) is 18.4 Å². The van der Waals surface area contributed by atoms with Crippen molar-refractivity contribution in [1.82, 2.24) is 10.6 Å². The number of ether oxygens (including phenoxy) is 1. The zero-order valence-electron chi connectivity index (χ0n) is 16.3. The highest BCUT2D eigenvalue weighted by atomic mass is 16.5. The third kappa shape index (κ3) is 4.74. The summed E-state index contributed by atoms with van der Waals surface area (Å²) in [6, 6.07) is 14.6. The number of amides is 2. The van der Waals surface area contributed by atoms with Gasteiger partial charge >= 0.3 is 12.1 Å². The Labute approximate surface area is 169 Å². The number of fused-ring (bicyclic) bond motifs is 3. The summed E-state index contributed by atoms with van der Waals surface area (Å²) in [5.41, 5.74) is 4.54. The SMILES string of the molecule is C[C@@H](CC(=O)N[C@H](C)C(=O)O)NC(=O)OCC1c2ccccc2-c2ccccc21. The highest BCUT2D eigenvalue weighted by Crippen LogP contribution is 2.44. The first-order valence-electron chi connectivity index (χ1n) is 9.50. The maximum absolute atomic E-state index is 12.2. The van der Waals surface area contributed by atoms with Crippen LogP contribution >= 0.6 is 0 Å². The molecule has 3 N–H and O–H groups in total. The van der Waals surface area contributed by atoms with E-state index < -0.39 is 30.1 Å². The van der Waals surface area contributed by atoms with Crippen molar-refractivity contribution in [1.29, 1.82) is 0 Å². The molecule has 0 unspecified atom stereocenters. The van der Waals surface area contributed by atoms with Gasteiger partial charge in [-0.2, -0.15) is 0 Å². The van der Waals surface area contributed by atoms with Crippen LogP contribution in [0.4, 0.5) is 4.79 Å². The van der Waals surface area contributed by atoms with Gasteiger partial charge in [0.05, 0.1) is 0 Å². The lowest BCUT2D eigenvalue weighted by atomic mass is 9.98. The first-order chi connectivity index (χ1) is 13.9. The van der Waals surface area contributed by atoms with Crippen LogP contribution < -0.4 is 10.6 Å². The summed E-state index contributed by atoms with van der Waals surface area (Å²) in [4.78, 5) is 34.8. The molecular formula is C22H24N2O5. The van der Waals surface area contributed by atoms with E-state index in [4.69, 9.17) is 9.84 Å². The van der Waals surface area contributed by atoms with Gasteiger partial charge in [0.1, 0.15) is 12.6 Å². The number of rotatable bonds is 7. The van der Waals surface area contributed by atoms with Crippen LogP contribution in [0.5, 0.6) is 0 Å². The molecule has 1 aliphatic rings. The maximum Gasteiger partial charge on any atom is 0.407 e. The molecule has 0 heterocycles. The Morgan fingerprint density at radius 1 is 0.966 bits per heavy atom. The largest absolute Gasteiger partial charge is 0.480 e. The van der Waals surface area contributed by atoms with Crippen LogP contribution in [0, 0.1) is 0 Å². The average Bonchev–Trinajstić information content (AvgIpc) is 3.00. The molecule has 3 rings (SSSR count). The van der Waals surface area contributed by atoms with Gasteiger partial charge < -0.3 is 20.5 Å². The number of hydrogen-bond acceptors (Lipinski definition) is 4. The Hall–Kier alpha value is -3.35. The second kappa shape index (κ2) is 8.77. The lowest BCUT2D eigenvalue weighted by Crippen LogP contribution is -2.42. The lowest BCUT2D eigenvalue weighted by Gasteiger charge is -2.17. The molecule has 152 valence electrons. The summed E-state index contributed by atoms with van der Waals surface area (Å²) in [5.74, 6) is -1.61. The monoisotopic (exact) mass is 396 g/mol. The minimum absolute atomic E-state index is 0.0387. The summed E-state index contributed by atoms with van der Waals surface area (Å²) in [7, 11) is 0. The molecular weight excluding hydrogens is 372 g/mol. The molecule has 2 atom stereocenters. The van der Waals surface area contributed by atoms with Crippen LogP contribution in [0.15, 0.2) is 48.5 Å². The van der Waals surface area contributed by atoms with Crippen molar-refractivity contribution >= 4 is 18.0 Å². The van der Waals surface area contributed by atoms with E-state index in [0.29, 0.717) is 0 Å². The Morgan fingerprint density at radius 3 is 2.07 bits per heavy atom. The maximum atomic E-state index is 12.2. The van der Waals surface area contributed by atoms with Crippen molar-refractivity contribution in [3.05, 3.63) is 59.7 Å². The van der Waals surface area contributed by atoms with Gasteiger partial charge in [0.25, 0.3) is 0 Å². The molecule has 0 bridgehead atoms. The molecule has 0 saturated carbocycles. The molecule has 7 nitrogen and oxygen atoms in total. The highest BCUT2D eigenvalue weighted by molar-refractivity contribution is 5.84. The molecule has 0 aliphatic heterocycles. The summed E-state index contributed by atoms with van der Waals surface area (Å²) >= 11 is 0. The van der Waals surface area contributed by atoms with Gasteiger partial charge in [-0.15, -0.1) is 0 Å². The second-order valence-electron chi connectivity index (χ2n) is 7.20. The molecule has 2 amide bonds. The summed E-state index contributed by atoms with van der Waals surface area (Å²) in [6.07, 6.45) is -0.652. The van der Waals surface area contributed by atoms with E-state index >= 15 is 0 Å². The Kier molecular flexibility index (Phi) is 6.16. The standard InChI is InChI=1S/C22H24N2O5/c1-13(11-20(25)24-14(2)21(26)27)23-22(28)29-12-19-17-9-5-3-7-15(17)16-8-4-6-10-18(16)19/h3-10,13-14,19H,11-12H2,1-2H3,(H,23,28)(H,24,25)(H,26,27)/t13-,14+/m0/s1. The minimum Gasteiger partial charge on any atom is -0.480 e. The van der Waals surface area contributed by atoms with Crippen LogP contribution in [0.2, 0.25) is 0 Å². The smallest absolute Gasteiger partial charge is 0.407 e. The van der Waals surface area contributed by atoms with Crippen molar-refractivity contribution in [2.45, 2.75) is 38.3 Å². The molecule has 29 heavy (non-hydrogen) atoms. The fourth-order valence-corrected chi connectivity index (χ4v) is 3.53. The quantitative estimate of drug-likeness (QED) is 0.667. The fraction of sp³-hybridized carbons (Fsp3) is 0.318. The van der Waals surface area contributed by atoms with Gasteiger partial charge in [-0.1, -0.05) is 48.5 Å². The van der Waals surface area contributed by atoms with E-state index in [0.717, 1.165) is 22.3 Å². The van der Waals surface area contributed by atoms with Crippen molar-refractivity contribution in [3.63, 3.8) is 0 Å². The van der Waals surface area contributed by atoms with Gasteiger partial charge in [0.2, 0.25) is 5.91 Å². The van der Waals surface area contributed by atoms with Crippen LogP contribution in [-0.4, -0.2) is 41.8 Å². The Bertz CT molecular complexity index is 881. The van der Waals surface area contributed by atoms with Crippen molar-refractivity contribution in [3.8, 4) is 11.1 Å². The van der Waals surface area contributed by atoms with Crippen LogP contribution in [0.25, 0.3) is 11.1 Å². The van der Waals surface area contributed by atoms with Crippen LogP contribution in [-0.2, 0) is 14.3 Å². The number of alkyl carbamates (subject to hydrolysis) is 1. The molecule has 1 aliphatic carbocycles. The molecule has 0 spiro atoms. The lowest BCUT2D eigenvalue weighted by molar-refractivity contribution is -0.141. The van der Waals surface area contributed by atoms with E-state index in [1.807, 2.05) is 36.4 Å². The number of benzene rings is 2. The first-order valence-corrected chi connectivity index (χ1v) is 9.50. The third-order valence-corrected chi connectivity index (χ3v) is 4.95. The molecule has 0 radical (unpaired) electrons. The number of hydrogen-bond donors (Lipinski definition) is 3. The summed E-state index contributed by atoms with van der Waals surface area (Å²) < 4.78 is 5.44. The normalized spacial score (nSPS) is 14.3. The van der Waals surface area contributed by atoms with Gasteiger partial charge in [-0.3, -0.25) is 9.59 Å². The van der Waals surface area contributed by atoms with E-state index in [-0.39, 0.29) is 18.9 Å². The van der Waals surface area contributed by atoms with E-state index in [1.54, 1.807) is 6.92 Å². The van der Waals surface area contributed by atoms with E-state index in [1.165, 1.54) is 6.92 Å². The van der Waals surface area contributed by atoms with Crippen molar-refractivity contribution < 1.29 is 24.2 Å². The first kappa shape index (κ1) is 20.4. The predicted molar refractivity (Wildman–Crippen MR) is 108 cm³/mol. The number of carbonyl (C=O) groups is 3. The Balaban J connectivity index is 1.55. The average molecular weight is 396 g/mol. The summed E-state index contributed by atoms with van der Waals surface area (Å²) in [5, 5.41) is 13.8. The van der Waals surface area contributed by atoms with E-state index in [9.17, 15) is 14.4 Å². The second-order valence-corrected chi connectivity index (χ2v) is 7.20. The number of aliphatic carboxylic acids is 1. The van der Waals surface area contributed by atoms with Crippen molar-refractivity contribution in [2.75, 3.05) is 6.61 Å². The molecule has 2 aromatic rings. The summed E-state index contributed by atoms with van der Waals surface area (Å²) in [6.45, 7) is 3.23. The molecule has 0 fully saturated rings. The zero-order valence-corrected chi connectivity index (χ0v) is 16.3. The molecule has 0 saturated heterocycles. The molecule has 7 heteroatoms. The zero-order chi connectivity index (χ0) is 21.0. The van der Waals surface area contributed by atoms with Crippen LogP contribution in [0.3, 0.4) is 0 Å². The van der Waals surface area contributed by atoms with Gasteiger partial charge in [-0.25, -0.2) is 4.79 Å². The minimum atomic E-state index is -1.12. The number of nitrogens with one attached hydrogen (secondary N) is 2. The highest BCUT2D eigenvalue weighted by Gasteiger charge is 2.29. The predicted octanol–water partition coefficient (Wildman–Crippen LogP) is 2.89. The fourth-order valence-electron chi connectivity index (χ4n) is 3.53. The van der Waals surface area contributed by atoms with Crippen LogP contribution in [0.1, 0.15) is 37.3 Å². The number of carboxylic acid groups (broad SMARTS) is 1. The number of carboxylic acids is 1. The van der Waals surface area contributed by atoms with Crippen molar-refractivity contribution in [2.24, 2.45) is 0 Å². The molecule has 0 aromatic heterocycles. The topological polar surface area (TPSA) is 105 Å². The number of carbonyl (C=O) groups excluding carboxylic acids is 2. The van der Waals surface area contributed by atoms with E-state index in [2.05, 4.69) is 22.8 Å². The van der Waals surface area contributed by atoms with Gasteiger partial charge in [0.15, 0.2) is 0 Å².